The molecule has 125 heavy (non-hydrogen) atoms. The van der Waals surface area contributed by atoms with Crippen molar-refractivity contribution >= 4 is 79.5 Å². The van der Waals surface area contributed by atoms with Gasteiger partial charge in [0, 0.05) is 53.9 Å². The first kappa shape index (κ1) is 71.6. The lowest BCUT2D eigenvalue weighted by Gasteiger charge is -2.40. The fourth-order valence-electron chi connectivity index (χ4n) is 23.4. The number of nitrogens with zero attached hydrogens (tertiary/aromatic N) is 4. The number of allylic oxidation sites excluding steroid dienone is 48. The lowest BCUT2D eigenvalue weighted by atomic mass is 9.65. The molecule has 8 aromatic carbocycles. The molecule has 4 heteroatoms. The van der Waals surface area contributed by atoms with Crippen LogP contribution in [0.2, 0.25) is 0 Å². The Morgan fingerprint density at radius 1 is 0.240 bits per heavy atom. The molecule has 4 aliphatic heterocycles. The second kappa shape index (κ2) is 28.0. The average molecular weight is 1590 g/mol. The van der Waals surface area contributed by atoms with Gasteiger partial charge in [0.25, 0.3) is 0 Å². The van der Waals surface area contributed by atoms with Gasteiger partial charge in [-0.1, -0.05) is 336 Å². The number of benzene rings is 8. The molecule has 21 aliphatic rings. The van der Waals surface area contributed by atoms with E-state index >= 15 is 0 Å². The standard InChI is InChI=1S/C34H25N.C33H21N.C29H19N.C25H17N/c1-34(2)29-8-4-3-7-25(29)26-14-11-21(19-30(26)34)24-13-9-20-10-16-28-32-22(12-15-27(24)31(20)32)18-23-6-5-17-35-33(23)28;1-2-8-24-21(6-1)19-30(26-10-4-3-9-25(24)26)27-14-11-20-12-16-29-32-22(13-15-28(27)31(20)32)18-23-7-5-17-34-33(23)29;1-2-5-20-16-21(8-7-18(20)4-1)24-12-9-19-10-14-26-28-22(11-13-25(24)27(19)28)17-23-6-3-15-30-29(23)26;1-2-5-16(6-3-1)20-11-8-17-9-13-22-24-18(10-12-21(20)23(17)24)15-19-7-4-14-26-25(19)22/h3-19,31,33H,1-2H3;1-19,31,33H;1-17,27,29H;1-15,23,25H. The van der Waals surface area contributed by atoms with Crippen molar-refractivity contribution < 1.29 is 0 Å². The van der Waals surface area contributed by atoms with Crippen molar-refractivity contribution in [1.82, 2.24) is 0 Å². The van der Waals surface area contributed by atoms with Crippen LogP contribution in [0.15, 0.2) is 542 Å². The van der Waals surface area contributed by atoms with Gasteiger partial charge in [-0.05, 0) is 300 Å². The van der Waals surface area contributed by atoms with Crippen LogP contribution in [-0.4, -0.2) is 49.0 Å². The van der Waals surface area contributed by atoms with Crippen LogP contribution < -0.4 is 0 Å². The predicted octanol–water partition coefficient (Wildman–Crippen LogP) is 27.0. The van der Waals surface area contributed by atoms with E-state index in [0.717, 1.165) is 0 Å². The third-order valence-electron chi connectivity index (χ3n) is 29.1. The maximum atomic E-state index is 4.84. The summed E-state index contributed by atoms with van der Waals surface area (Å²) in [5, 5.41) is 7.80. The first-order valence-electron chi connectivity index (χ1n) is 44.2. The molecule has 4 nitrogen and oxygen atoms in total. The Morgan fingerprint density at radius 2 is 0.616 bits per heavy atom. The van der Waals surface area contributed by atoms with Crippen molar-refractivity contribution in [1.29, 1.82) is 0 Å². The van der Waals surface area contributed by atoms with Gasteiger partial charge in [0.1, 0.15) is 24.2 Å². The van der Waals surface area contributed by atoms with E-state index in [1.54, 1.807) is 0 Å². The fourth-order valence-corrected chi connectivity index (χ4v) is 23.4. The molecule has 29 rings (SSSR count). The summed E-state index contributed by atoms with van der Waals surface area (Å²) in [6.07, 6.45) is 89.5. The van der Waals surface area contributed by atoms with Crippen LogP contribution in [0.5, 0.6) is 0 Å². The molecule has 0 saturated heterocycles. The lowest BCUT2D eigenvalue weighted by Crippen LogP contribution is -2.29. The summed E-state index contributed by atoms with van der Waals surface area (Å²) in [5.41, 5.74) is 48.9. The monoisotopic (exact) mass is 1590 g/mol. The summed E-state index contributed by atoms with van der Waals surface area (Å²) in [6, 6.07) is 62.6. The second-order valence-electron chi connectivity index (χ2n) is 35.9. The summed E-state index contributed by atoms with van der Waals surface area (Å²) < 4.78 is 0. The largest absolute Gasteiger partial charge is 0.280 e. The molecule has 0 N–H and O–H groups in total. The summed E-state index contributed by atoms with van der Waals surface area (Å²) in [7, 11) is 0. The van der Waals surface area contributed by atoms with Crippen LogP contribution in [0.25, 0.3) is 65.7 Å². The van der Waals surface area contributed by atoms with E-state index in [1.807, 2.05) is 49.2 Å². The third-order valence-corrected chi connectivity index (χ3v) is 29.1. The van der Waals surface area contributed by atoms with E-state index in [9.17, 15) is 0 Å². The summed E-state index contributed by atoms with van der Waals surface area (Å²) >= 11 is 0. The number of hydrogen-bond acceptors (Lipinski definition) is 4. The molecule has 8 atom stereocenters. The first-order valence-corrected chi connectivity index (χ1v) is 44.2. The molecule has 0 radical (unpaired) electrons. The molecule has 8 unspecified atom stereocenters. The Balaban J connectivity index is 0.0000000894. The van der Waals surface area contributed by atoms with Gasteiger partial charge in [-0.25, -0.2) is 0 Å². The predicted molar refractivity (Wildman–Crippen MR) is 521 cm³/mol. The van der Waals surface area contributed by atoms with Crippen LogP contribution in [0.3, 0.4) is 0 Å². The zero-order valence-corrected chi connectivity index (χ0v) is 69.2. The van der Waals surface area contributed by atoms with Crippen molar-refractivity contribution in [3.05, 3.63) is 556 Å². The van der Waals surface area contributed by atoms with E-state index in [1.165, 1.54) is 233 Å². The molecule has 0 bridgehead atoms. The van der Waals surface area contributed by atoms with Gasteiger partial charge in [-0.2, -0.15) is 0 Å². The zero-order valence-electron chi connectivity index (χ0n) is 69.2. The van der Waals surface area contributed by atoms with Crippen LogP contribution in [0.4, 0.5) is 0 Å². The van der Waals surface area contributed by atoms with Crippen LogP contribution >= 0.6 is 0 Å². The smallest absolute Gasteiger partial charge is 0.100 e. The molecule has 0 spiro atoms. The van der Waals surface area contributed by atoms with E-state index in [4.69, 9.17) is 20.0 Å². The quantitative estimate of drug-likeness (QED) is 0.158. The molecular weight excluding hydrogens is 1510 g/mol. The topological polar surface area (TPSA) is 49.4 Å². The van der Waals surface area contributed by atoms with Crippen molar-refractivity contribution in [2.45, 2.75) is 43.4 Å². The van der Waals surface area contributed by atoms with Gasteiger partial charge < -0.3 is 0 Å². The molecule has 0 amide bonds. The number of hydrogen-bond donors (Lipinski definition) is 0. The molecule has 17 aliphatic carbocycles. The Morgan fingerprint density at radius 3 is 1.10 bits per heavy atom. The molecule has 0 aromatic heterocycles. The van der Waals surface area contributed by atoms with Crippen molar-refractivity contribution in [3.8, 4) is 11.1 Å². The van der Waals surface area contributed by atoms with Crippen LogP contribution in [0.1, 0.15) is 47.2 Å². The number of aliphatic imine (C=N–C) groups is 4. The summed E-state index contributed by atoms with van der Waals surface area (Å²) in [5.74, 6) is 1.18. The highest BCUT2D eigenvalue weighted by atomic mass is 14.8. The van der Waals surface area contributed by atoms with Gasteiger partial charge in [0.2, 0.25) is 0 Å². The third kappa shape index (κ3) is 11.1. The fraction of sp³-hybridized carbons (Fsp3) is 0.0909. The second-order valence-corrected chi connectivity index (χ2v) is 35.9. The van der Waals surface area contributed by atoms with E-state index in [0.29, 0.717) is 11.8 Å². The summed E-state index contributed by atoms with van der Waals surface area (Å²) in [4.78, 5) is 19.2. The Bertz CT molecular complexity index is 7740. The number of rotatable bonds is 4. The van der Waals surface area contributed by atoms with E-state index in [-0.39, 0.29) is 41.4 Å². The highest BCUT2D eigenvalue weighted by Gasteiger charge is 2.45. The van der Waals surface area contributed by atoms with Crippen LogP contribution in [0, 0.1) is 23.7 Å². The van der Waals surface area contributed by atoms with E-state index in [2.05, 4.69) is 378 Å². The SMILES string of the molecule is C1=CC2=CC3=C4C(=CC=C5C=CC(c6cc7ccccc7c7ccccc67)=C(C=C3)C54)C2N=C1.C1=CC2=CC3=C4C(=CC=C5C=CC(c6ccc7ccccc7c6)=C(C=C3)C54)C2N=C1.C1=CC2=CC3=C4C(=CC=C5C=CC(c6ccccc6)=C(C=C3)C54)C2N=C1.CC1(C)c2ccccc2-c2ccc(C3=C4C=CC5=C6C(=CC=C(C=C3)C46)C3N=CC=CC3=C5)cc21. The average Bonchev–Trinajstić information content (AvgIpc) is 1.71. The molecule has 0 saturated carbocycles. The van der Waals surface area contributed by atoms with Crippen LogP contribution in [-0.2, 0) is 5.41 Å². The van der Waals surface area contributed by atoms with Gasteiger partial charge in [0.05, 0.1) is 0 Å². The minimum absolute atomic E-state index is 0.00647. The summed E-state index contributed by atoms with van der Waals surface area (Å²) in [6.45, 7) is 4.72. The molecular formula is C121H82N4. The van der Waals surface area contributed by atoms with Gasteiger partial charge >= 0.3 is 0 Å². The normalized spacial score (nSPS) is 25.2. The number of fused-ring (bicyclic) bond motifs is 15. The highest BCUT2D eigenvalue weighted by molar-refractivity contribution is 6.13. The first-order chi connectivity index (χ1) is 61.7. The van der Waals surface area contributed by atoms with E-state index < -0.39 is 0 Å². The lowest BCUT2D eigenvalue weighted by molar-refractivity contribution is 0.660. The zero-order chi connectivity index (χ0) is 82.3. The molecule has 8 aromatic rings. The van der Waals surface area contributed by atoms with Gasteiger partial charge in [0.15, 0.2) is 0 Å². The Labute approximate surface area is 728 Å². The maximum absolute atomic E-state index is 4.84. The minimum atomic E-state index is 0.00647. The molecule has 4 heterocycles. The van der Waals surface area contributed by atoms with Gasteiger partial charge in [-0.3, -0.25) is 20.0 Å². The minimum Gasteiger partial charge on any atom is -0.280 e. The molecule has 0 fully saturated rings. The van der Waals surface area contributed by atoms with Crippen molar-refractivity contribution in [2.75, 3.05) is 0 Å². The maximum Gasteiger partial charge on any atom is 0.100 e. The van der Waals surface area contributed by atoms with Crippen molar-refractivity contribution in [3.63, 3.8) is 0 Å². The van der Waals surface area contributed by atoms with Gasteiger partial charge in [-0.15, -0.1) is 0 Å². The van der Waals surface area contributed by atoms with Crippen molar-refractivity contribution in [2.24, 2.45) is 43.6 Å². The number of dihydropyridines is 4. The molecule has 586 valence electrons. The highest BCUT2D eigenvalue weighted by Crippen LogP contribution is 2.59. The Kier molecular flexibility index (Phi) is 16.0. The Hall–Kier alpha value is -15.1.